The Bertz CT molecular complexity index is 415. The Morgan fingerprint density at radius 2 is 2.39 bits per heavy atom. The van der Waals surface area contributed by atoms with Gasteiger partial charge in [0.25, 0.3) is 0 Å². The van der Waals surface area contributed by atoms with Gasteiger partial charge in [0.1, 0.15) is 0 Å². The van der Waals surface area contributed by atoms with Crippen LogP contribution in [-0.2, 0) is 4.79 Å². The molecule has 0 saturated carbocycles. The molecule has 6 heteroatoms. The molecule has 0 spiro atoms. The summed E-state index contributed by atoms with van der Waals surface area (Å²) in [4.78, 5) is 12.3. The Balaban J connectivity index is 2.07. The van der Waals surface area contributed by atoms with Gasteiger partial charge in [0.05, 0.1) is 5.54 Å². The molecule has 0 aliphatic carbocycles. The maximum absolute atomic E-state index is 12.3. The first-order valence-corrected chi connectivity index (χ1v) is 6.60. The molecule has 1 saturated heterocycles. The van der Waals surface area contributed by atoms with Crippen molar-refractivity contribution >= 4 is 23.3 Å². The van der Waals surface area contributed by atoms with Crippen LogP contribution in [0.25, 0.3) is 0 Å². The number of anilines is 1. The fourth-order valence-corrected chi connectivity index (χ4v) is 2.47. The van der Waals surface area contributed by atoms with Crippen LogP contribution in [0.5, 0.6) is 0 Å². The van der Waals surface area contributed by atoms with Gasteiger partial charge in [0, 0.05) is 0 Å². The van der Waals surface area contributed by atoms with Gasteiger partial charge < -0.3 is 10.6 Å². The molecule has 0 radical (unpaired) electrons. The Morgan fingerprint density at radius 1 is 1.56 bits per heavy atom. The number of amides is 1. The molecule has 2 N–H and O–H groups in total. The number of aromatic nitrogens is 2. The van der Waals surface area contributed by atoms with E-state index in [1.165, 1.54) is 0 Å². The van der Waals surface area contributed by atoms with Crippen molar-refractivity contribution in [2.24, 2.45) is 0 Å². The van der Waals surface area contributed by atoms with Gasteiger partial charge in [0.2, 0.25) is 5.91 Å². The monoisotopic (exact) mass is 268 g/mol. The number of rotatable bonds is 4. The zero-order chi connectivity index (χ0) is 13.0. The lowest BCUT2D eigenvalue weighted by atomic mass is 9.91. The maximum Gasteiger partial charge on any atom is 0.245 e. The van der Waals surface area contributed by atoms with Crippen molar-refractivity contribution in [3.05, 3.63) is 17.3 Å². The molecule has 18 heavy (non-hydrogen) atoms. The molecule has 98 valence electrons. The van der Waals surface area contributed by atoms with Crippen LogP contribution in [0.2, 0.25) is 5.15 Å². The van der Waals surface area contributed by atoms with E-state index >= 15 is 0 Å². The second-order valence-electron chi connectivity index (χ2n) is 4.56. The molecule has 2 heterocycles. The largest absolute Gasteiger partial charge is 0.308 e. The zero-order valence-corrected chi connectivity index (χ0v) is 11.1. The Kier molecular flexibility index (Phi) is 4.14. The second kappa shape index (κ2) is 5.63. The summed E-state index contributed by atoms with van der Waals surface area (Å²) in [5.41, 5.74) is -0.448. The van der Waals surface area contributed by atoms with E-state index in [1.54, 1.807) is 12.1 Å². The fraction of sp³-hybridized carbons (Fsp3) is 0.583. The summed E-state index contributed by atoms with van der Waals surface area (Å²) in [6, 6.07) is 3.26. The van der Waals surface area contributed by atoms with Crippen LogP contribution in [0, 0.1) is 0 Å². The maximum atomic E-state index is 12.3. The molecule has 1 fully saturated rings. The molecule has 0 bridgehead atoms. The summed E-state index contributed by atoms with van der Waals surface area (Å²) in [5, 5.41) is 14.0. The van der Waals surface area contributed by atoms with Crippen LogP contribution < -0.4 is 10.6 Å². The van der Waals surface area contributed by atoms with E-state index in [1.807, 2.05) is 0 Å². The number of halogens is 1. The third-order valence-electron chi connectivity index (χ3n) is 3.23. The molecule has 1 aliphatic heterocycles. The zero-order valence-electron chi connectivity index (χ0n) is 10.4. The van der Waals surface area contributed by atoms with Gasteiger partial charge >= 0.3 is 0 Å². The van der Waals surface area contributed by atoms with Crippen molar-refractivity contribution in [1.29, 1.82) is 0 Å². The number of hydrogen-bond acceptors (Lipinski definition) is 4. The predicted octanol–water partition coefficient (Wildman–Crippen LogP) is 1.99. The number of nitrogens with one attached hydrogen (secondary N) is 2. The first kappa shape index (κ1) is 13.2. The minimum atomic E-state index is -0.448. The molecular weight excluding hydrogens is 252 g/mol. The van der Waals surface area contributed by atoms with Crippen molar-refractivity contribution in [2.45, 2.75) is 38.1 Å². The van der Waals surface area contributed by atoms with E-state index < -0.39 is 5.54 Å². The third-order valence-corrected chi connectivity index (χ3v) is 3.43. The molecular formula is C12H17ClN4O. The van der Waals surface area contributed by atoms with Gasteiger partial charge in [-0.2, -0.15) is 0 Å². The number of hydrogen-bond donors (Lipinski definition) is 2. The summed E-state index contributed by atoms with van der Waals surface area (Å²) >= 11 is 5.65. The molecule has 0 aromatic carbocycles. The van der Waals surface area contributed by atoms with Crippen molar-refractivity contribution in [1.82, 2.24) is 15.5 Å². The van der Waals surface area contributed by atoms with Crippen LogP contribution in [0.3, 0.4) is 0 Å². The topological polar surface area (TPSA) is 66.9 Å². The van der Waals surface area contributed by atoms with Crippen LogP contribution in [0.1, 0.15) is 32.6 Å². The van der Waals surface area contributed by atoms with Crippen LogP contribution >= 0.6 is 11.6 Å². The average molecular weight is 269 g/mol. The van der Waals surface area contributed by atoms with Gasteiger partial charge in [0.15, 0.2) is 11.0 Å². The minimum absolute atomic E-state index is 0.0292. The van der Waals surface area contributed by atoms with Crippen molar-refractivity contribution in [2.75, 3.05) is 11.9 Å². The van der Waals surface area contributed by atoms with E-state index in [0.29, 0.717) is 11.0 Å². The van der Waals surface area contributed by atoms with E-state index in [4.69, 9.17) is 11.6 Å². The molecule has 1 atom stereocenters. The van der Waals surface area contributed by atoms with E-state index in [9.17, 15) is 4.79 Å². The summed E-state index contributed by atoms with van der Waals surface area (Å²) in [6.45, 7) is 2.97. The molecule has 5 nitrogen and oxygen atoms in total. The molecule has 1 aromatic heterocycles. The lowest BCUT2D eigenvalue weighted by Crippen LogP contribution is -2.50. The Labute approximate surface area is 111 Å². The van der Waals surface area contributed by atoms with E-state index in [2.05, 4.69) is 27.8 Å². The quantitative estimate of drug-likeness (QED) is 0.876. The molecule has 1 amide bonds. The number of nitrogens with zero attached hydrogens (tertiary/aromatic N) is 2. The SMILES string of the molecule is CCCC1(C(=O)Nc2ccc(Cl)nn2)CCCN1. The van der Waals surface area contributed by atoms with Gasteiger partial charge in [-0.3, -0.25) is 4.79 Å². The van der Waals surface area contributed by atoms with E-state index in [0.717, 1.165) is 32.2 Å². The van der Waals surface area contributed by atoms with Crippen LogP contribution in [0.4, 0.5) is 5.82 Å². The molecule has 1 aromatic rings. The van der Waals surface area contributed by atoms with Crippen LogP contribution in [0.15, 0.2) is 12.1 Å². The predicted molar refractivity (Wildman–Crippen MR) is 70.5 cm³/mol. The van der Waals surface area contributed by atoms with E-state index in [-0.39, 0.29) is 5.91 Å². The highest BCUT2D eigenvalue weighted by Crippen LogP contribution is 2.26. The summed E-state index contributed by atoms with van der Waals surface area (Å²) in [6.07, 6.45) is 3.69. The highest BCUT2D eigenvalue weighted by molar-refractivity contribution is 6.29. The first-order valence-electron chi connectivity index (χ1n) is 6.22. The second-order valence-corrected chi connectivity index (χ2v) is 4.95. The van der Waals surface area contributed by atoms with Crippen molar-refractivity contribution in [3.63, 3.8) is 0 Å². The Morgan fingerprint density at radius 3 is 2.94 bits per heavy atom. The van der Waals surface area contributed by atoms with Crippen molar-refractivity contribution < 1.29 is 4.79 Å². The normalized spacial score (nSPS) is 23.0. The van der Waals surface area contributed by atoms with Gasteiger partial charge in [-0.25, -0.2) is 0 Å². The highest BCUT2D eigenvalue weighted by atomic mass is 35.5. The summed E-state index contributed by atoms with van der Waals surface area (Å²) in [7, 11) is 0. The molecule has 1 aliphatic rings. The number of carbonyl (C=O) groups excluding carboxylic acids is 1. The number of carbonyl (C=O) groups is 1. The lowest BCUT2D eigenvalue weighted by molar-refractivity contribution is -0.122. The standard InChI is InChI=1S/C12H17ClN4O/c1-2-6-12(7-3-8-14-12)11(18)15-10-5-4-9(13)16-17-10/h4-5,14H,2-3,6-8H2,1H3,(H,15,17,18). The summed E-state index contributed by atoms with van der Waals surface area (Å²) in [5.74, 6) is 0.409. The highest BCUT2D eigenvalue weighted by Gasteiger charge is 2.40. The van der Waals surface area contributed by atoms with Gasteiger partial charge in [-0.05, 0) is 37.9 Å². The average Bonchev–Trinajstić information content (AvgIpc) is 2.82. The third kappa shape index (κ3) is 2.79. The van der Waals surface area contributed by atoms with Gasteiger partial charge in [-0.1, -0.05) is 24.9 Å². The molecule has 2 rings (SSSR count). The van der Waals surface area contributed by atoms with Crippen LogP contribution in [-0.4, -0.2) is 28.2 Å². The van der Waals surface area contributed by atoms with Crippen molar-refractivity contribution in [3.8, 4) is 0 Å². The van der Waals surface area contributed by atoms with Gasteiger partial charge in [-0.15, -0.1) is 10.2 Å². The summed E-state index contributed by atoms with van der Waals surface area (Å²) < 4.78 is 0. The smallest absolute Gasteiger partial charge is 0.245 e. The Hall–Kier alpha value is -1.20. The molecule has 1 unspecified atom stereocenters. The lowest BCUT2D eigenvalue weighted by Gasteiger charge is -2.27. The minimum Gasteiger partial charge on any atom is -0.308 e. The fourth-order valence-electron chi connectivity index (χ4n) is 2.37. The first-order chi connectivity index (χ1) is 8.66.